The van der Waals surface area contributed by atoms with Crippen molar-refractivity contribution in [3.63, 3.8) is 0 Å². The molecule has 0 radical (unpaired) electrons. The molecule has 0 unspecified atom stereocenters. The highest BCUT2D eigenvalue weighted by Crippen LogP contribution is 2.23. The van der Waals surface area contributed by atoms with Crippen molar-refractivity contribution < 1.29 is 82.8 Å². The van der Waals surface area contributed by atoms with E-state index in [1.807, 2.05) is 0 Å². The van der Waals surface area contributed by atoms with Gasteiger partial charge in [-0.05, 0) is 84.8 Å². The summed E-state index contributed by atoms with van der Waals surface area (Å²) in [4.78, 5) is 194. The molecule has 13 atom stereocenters. The van der Waals surface area contributed by atoms with Crippen molar-refractivity contribution in [1.29, 1.82) is 0 Å². The molecule has 7 aromatic rings. The lowest BCUT2D eigenvalue weighted by Crippen LogP contribution is -2.63. The van der Waals surface area contributed by atoms with Crippen LogP contribution in [-0.4, -0.2) is 214 Å². The van der Waals surface area contributed by atoms with E-state index in [1.54, 1.807) is 74.8 Å². The molecule has 0 spiro atoms. The van der Waals surface area contributed by atoms with E-state index in [2.05, 4.69) is 104 Å². The lowest BCUT2D eigenvalue weighted by molar-refractivity contribution is -0.137. The number of carbonyl (C=O) groups excluding carboxylic acids is 13. The Morgan fingerprint density at radius 3 is 1.24 bits per heavy atom. The van der Waals surface area contributed by atoms with Crippen LogP contribution in [0.25, 0.3) is 21.8 Å². The van der Waals surface area contributed by atoms with Gasteiger partial charge in [-0.3, -0.25) is 62.3 Å². The second-order valence-electron chi connectivity index (χ2n) is 26.4. The van der Waals surface area contributed by atoms with Crippen molar-refractivity contribution in [3.8, 4) is 11.5 Å². The maximum atomic E-state index is 15.2. The maximum Gasteiger partial charge on any atom is 0.245 e. The molecule has 3 aromatic heterocycles. The predicted molar refractivity (Wildman–Crippen MR) is 404 cm³/mol. The van der Waals surface area contributed by atoms with Crippen LogP contribution in [0.2, 0.25) is 0 Å². The predicted octanol–water partition coefficient (Wildman–Crippen LogP) is -3.38. The molecule has 4 aromatic carbocycles. The Balaban J connectivity index is 1.14. The second-order valence-corrected chi connectivity index (χ2v) is 27.2. The zero-order valence-electron chi connectivity index (χ0n) is 59.9. The third kappa shape index (κ3) is 25.0. The Bertz CT molecular complexity index is 4350. The number of phenols is 2. The number of amides is 13. The van der Waals surface area contributed by atoms with Crippen LogP contribution in [-0.2, 0) is 94.4 Å². The summed E-state index contributed by atoms with van der Waals surface area (Å²) in [6.07, 6.45) is 0.370. The number of para-hydroxylation sites is 2. The lowest BCUT2D eigenvalue weighted by atomic mass is 9.99. The summed E-state index contributed by atoms with van der Waals surface area (Å²) >= 11 is 8.43. The van der Waals surface area contributed by atoms with Gasteiger partial charge in [0.05, 0.1) is 31.1 Å². The smallest absolute Gasteiger partial charge is 0.245 e. The zero-order chi connectivity index (χ0) is 79.8. The first-order valence-electron chi connectivity index (χ1n) is 34.7. The van der Waals surface area contributed by atoms with Crippen molar-refractivity contribution in [2.24, 2.45) is 23.1 Å². The van der Waals surface area contributed by atoms with Crippen LogP contribution in [0, 0.1) is 5.92 Å². The maximum absolute atomic E-state index is 15.2. The molecular weight excluding hydrogens is 1450 g/mol. The van der Waals surface area contributed by atoms with E-state index in [-0.39, 0.29) is 67.9 Å². The SMILES string of the molecule is CC(C)[C@H](NC(=O)[C@H](Cc1c[nH]c2ccccc12)NC(=O)[C@@H](NC(=O)[C@H](CCC(N)=O)NC(=O)[C@@H](N)CS)[C@@H](C)O)C(=O)N[C@@H](CS)C(=O)N[C@@H](Cc1ccc(O)cc1)C(=O)N[C@@H](Cc1c[nH]c2ccccc12)C(=O)N[C@@H](Cc1cnc[nH]1)C(=O)N[C@H](C(=O)N[C@@H](Cc1ccc(O)cc1)C(=O)NCC(N)=O)[C@@H](C)O. The van der Waals surface area contributed by atoms with Gasteiger partial charge in [0.2, 0.25) is 76.8 Å². The van der Waals surface area contributed by atoms with E-state index in [9.17, 15) is 73.2 Å². The Kier molecular flexibility index (Phi) is 31.4. The van der Waals surface area contributed by atoms with Crippen molar-refractivity contribution >= 4 is 124 Å². The fourth-order valence-corrected chi connectivity index (χ4v) is 12.0. The summed E-state index contributed by atoms with van der Waals surface area (Å²) in [5.41, 5.74) is 19.8. The minimum absolute atomic E-state index is 0.0952. The highest BCUT2D eigenvalue weighted by Gasteiger charge is 2.39. The van der Waals surface area contributed by atoms with Gasteiger partial charge in [-0.15, -0.1) is 0 Å². The number of carbonyl (C=O) groups is 13. The van der Waals surface area contributed by atoms with E-state index in [0.717, 1.165) is 0 Å². The number of hydrogen-bond donors (Lipinski definition) is 23. The first-order valence-corrected chi connectivity index (χ1v) is 35.9. The van der Waals surface area contributed by atoms with Crippen molar-refractivity contribution in [3.05, 3.63) is 150 Å². The number of aromatic amines is 3. The number of thiol groups is 2. The number of fused-ring (bicyclic) bond motifs is 2. The number of aliphatic hydroxyl groups is 2. The molecule has 24 N–H and O–H groups in total. The highest BCUT2D eigenvalue weighted by molar-refractivity contribution is 7.80. The molecule has 7 rings (SSSR count). The van der Waals surface area contributed by atoms with Crippen LogP contribution in [0.1, 0.15) is 68.5 Å². The third-order valence-corrected chi connectivity index (χ3v) is 18.3. The highest BCUT2D eigenvalue weighted by atomic mass is 32.1. The number of aliphatic hydroxyl groups excluding tert-OH is 2. The lowest BCUT2D eigenvalue weighted by Gasteiger charge is -2.29. The summed E-state index contributed by atoms with van der Waals surface area (Å²) in [7, 11) is 0. The van der Waals surface area contributed by atoms with Crippen LogP contribution < -0.4 is 75.7 Å². The molecule has 35 nitrogen and oxygen atoms in total. The van der Waals surface area contributed by atoms with Gasteiger partial charge in [0.15, 0.2) is 0 Å². The number of imidazole rings is 1. The molecule has 0 saturated heterocycles. The van der Waals surface area contributed by atoms with Crippen LogP contribution in [0.5, 0.6) is 11.5 Å². The van der Waals surface area contributed by atoms with Gasteiger partial charge in [0.25, 0.3) is 0 Å². The average molecular weight is 1550 g/mol. The van der Waals surface area contributed by atoms with Crippen LogP contribution in [0.3, 0.4) is 0 Å². The number of primary amides is 2. The standard InChI is InChI=1S/C72H92N18O17S2/c1-35(2)59(88-67(102)54(26-41-29-78-49-12-8-6-10-46(41)49)86-72(107)60(36(3)91)89-64(99)50(21-22-57(74)95)81-62(97)47(73)32-108)70(105)87-56(33-109)69(104)82-52(24-39-15-19-44(94)20-16-39)65(100)83-53(25-40-28-77-48-11-7-5-9-45(40)48)66(101)84-55(27-42-30-76-34-80-42)68(103)90-61(37(4)92)71(106)85-51(63(98)79-31-58(75)96)23-38-13-17-43(93)18-14-38/h5-20,28-30,34-37,47,50-56,59-61,77-78,91-94,108-109H,21-27,31-33,73H2,1-4H3,(H2,74,95)(H2,75,96)(H,76,80)(H,79,98)(H,81,97)(H,82,104)(H,83,100)(H,84,101)(H,85,106)(H,86,107)(H,87,105)(H,88,102)(H,89,99)(H,90,103)/t36-,37-,47+,50+,51+,52+,53+,54+,55+,56+,59+,60+,61+/m1/s1. The van der Waals surface area contributed by atoms with Gasteiger partial charge in [0.1, 0.15) is 71.9 Å². The van der Waals surface area contributed by atoms with Gasteiger partial charge in [0, 0.05) is 96.1 Å². The number of nitrogens with two attached hydrogens (primary N) is 3. The Labute approximate surface area is 635 Å². The number of benzene rings is 4. The number of phenolic OH excluding ortho intramolecular Hbond substituents is 2. The molecule has 37 heteroatoms. The average Bonchev–Trinajstić information content (AvgIpc) is 1.69. The fourth-order valence-electron chi connectivity index (χ4n) is 11.6. The molecule has 0 fully saturated rings. The molecule has 0 aliphatic carbocycles. The van der Waals surface area contributed by atoms with Gasteiger partial charge < -0.3 is 111 Å². The summed E-state index contributed by atoms with van der Waals surface area (Å²) in [5.74, 6) is -14.2. The van der Waals surface area contributed by atoms with Gasteiger partial charge in [-0.2, -0.15) is 25.3 Å². The van der Waals surface area contributed by atoms with E-state index >= 15 is 9.59 Å². The molecule has 0 aliphatic heterocycles. The fraction of sp³-hybridized carbons (Fsp3) is 0.389. The monoisotopic (exact) mass is 1540 g/mol. The molecule has 13 amide bonds. The van der Waals surface area contributed by atoms with Crippen molar-refractivity contribution in [1.82, 2.24) is 78.4 Å². The van der Waals surface area contributed by atoms with Gasteiger partial charge >= 0.3 is 0 Å². The number of aromatic hydroxyl groups is 2. The van der Waals surface area contributed by atoms with Gasteiger partial charge in [-0.25, -0.2) is 4.98 Å². The molecule has 0 bridgehead atoms. The molecule has 584 valence electrons. The van der Waals surface area contributed by atoms with E-state index < -0.39 is 174 Å². The number of aromatic nitrogens is 4. The molecule has 3 heterocycles. The quantitative estimate of drug-likeness (QED) is 0.0166. The zero-order valence-corrected chi connectivity index (χ0v) is 61.7. The number of nitrogens with one attached hydrogen (secondary N) is 14. The Morgan fingerprint density at radius 2 is 0.817 bits per heavy atom. The summed E-state index contributed by atoms with van der Waals surface area (Å²) in [5, 5.41) is 71.5. The Morgan fingerprint density at radius 1 is 0.431 bits per heavy atom. The molecule has 109 heavy (non-hydrogen) atoms. The summed E-state index contributed by atoms with van der Waals surface area (Å²) < 4.78 is 0. The largest absolute Gasteiger partial charge is 0.508 e. The minimum atomic E-state index is -1.82. The van der Waals surface area contributed by atoms with Crippen LogP contribution in [0.15, 0.2) is 122 Å². The first-order chi connectivity index (χ1) is 51.8. The topological polar surface area (TPSA) is 573 Å². The van der Waals surface area contributed by atoms with Crippen LogP contribution >= 0.6 is 25.3 Å². The van der Waals surface area contributed by atoms with Crippen LogP contribution in [0.4, 0.5) is 0 Å². The van der Waals surface area contributed by atoms with Crippen molar-refractivity contribution in [2.75, 3.05) is 18.1 Å². The summed E-state index contributed by atoms with van der Waals surface area (Å²) in [6, 6.07) is 7.92. The minimum Gasteiger partial charge on any atom is -0.508 e. The number of nitrogens with zero attached hydrogens (tertiary/aromatic N) is 1. The van der Waals surface area contributed by atoms with Crippen molar-refractivity contribution in [2.45, 2.75) is 151 Å². The molecule has 0 aliphatic rings. The van der Waals surface area contributed by atoms with E-state index in [4.69, 9.17) is 17.2 Å². The number of H-pyrrole nitrogens is 3. The number of hydrogen-bond acceptors (Lipinski definition) is 21. The van der Waals surface area contributed by atoms with E-state index in [0.29, 0.717) is 44.1 Å². The summed E-state index contributed by atoms with van der Waals surface area (Å²) in [6.45, 7) is 4.88. The molecule has 0 saturated carbocycles. The molecular formula is C72H92N18O17S2. The third-order valence-electron chi connectivity index (χ3n) is 17.6. The Hall–Kier alpha value is -11.5. The number of rotatable bonds is 41. The van der Waals surface area contributed by atoms with Gasteiger partial charge in [-0.1, -0.05) is 74.5 Å². The van der Waals surface area contributed by atoms with E-state index in [1.165, 1.54) is 74.9 Å². The first kappa shape index (κ1) is 84.7. The normalized spacial score (nSPS) is 14.9. The second kappa shape index (κ2) is 40.4.